The Morgan fingerprint density at radius 2 is 1.82 bits per heavy atom. The number of rotatable bonds is 6. The molecule has 3 aromatic rings. The number of halogens is 2. The molecule has 0 unspecified atom stereocenters. The molecular formula is C26H20BrFN2O3S. The molecule has 1 fully saturated rings. The van der Waals surface area contributed by atoms with E-state index in [4.69, 9.17) is 17.0 Å². The van der Waals surface area contributed by atoms with Gasteiger partial charge in [0.25, 0.3) is 11.8 Å². The van der Waals surface area contributed by atoms with E-state index in [2.05, 4.69) is 21.2 Å². The molecule has 8 heteroatoms. The number of benzene rings is 3. The summed E-state index contributed by atoms with van der Waals surface area (Å²) in [7, 11) is 0. The van der Waals surface area contributed by atoms with E-state index in [1.807, 2.05) is 19.1 Å². The lowest BCUT2D eigenvalue weighted by atomic mass is 10.1. The smallest absolute Gasteiger partial charge is 0.270 e. The van der Waals surface area contributed by atoms with Crippen LogP contribution >= 0.6 is 28.1 Å². The zero-order chi connectivity index (χ0) is 24.2. The van der Waals surface area contributed by atoms with Crippen molar-refractivity contribution in [2.45, 2.75) is 20.0 Å². The number of anilines is 1. The van der Waals surface area contributed by atoms with Crippen molar-refractivity contribution in [2.75, 3.05) is 4.90 Å². The van der Waals surface area contributed by atoms with E-state index in [0.717, 1.165) is 12.0 Å². The zero-order valence-corrected chi connectivity index (χ0v) is 20.6. The number of carbonyl (C=O) groups is 2. The number of thiocarbonyl (C=S) groups is 1. The summed E-state index contributed by atoms with van der Waals surface area (Å²) in [4.78, 5) is 27.0. The third-order valence-corrected chi connectivity index (χ3v) is 6.22. The van der Waals surface area contributed by atoms with Crippen molar-refractivity contribution < 1.29 is 18.7 Å². The lowest BCUT2D eigenvalue weighted by Crippen LogP contribution is -2.54. The van der Waals surface area contributed by atoms with Crippen molar-refractivity contribution in [1.82, 2.24) is 5.32 Å². The highest BCUT2D eigenvalue weighted by Gasteiger charge is 2.34. The Balaban J connectivity index is 1.56. The van der Waals surface area contributed by atoms with Crippen molar-refractivity contribution in [2.24, 2.45) is 0 Å². The van der Waals surface area contributed by atoms with Crippen LogP contribution in [0.15, 0.2) is 76.8 Å². The summed E-state index contributed by atoms with van der Waals surface area (Å²) >= 11 is 8.69. The van der Waals surface area contributed by atoms with Crippen LogP contribution in [0.1, 0.15) is 23.6 Å². The van der Waals surface area contributed by atoms with Crippen molar-refractivity contribution in [1.29, 1.82) is 0 Å². The Morgan fingerprint density at radius 1 is 1.09 bits per heavy atom. The van der Waals surface area contributed by atoms with E-state index in [9.17, 15) is 14.0 Å². The number of carbonyl (C=O) groups excluding carboxylic acids is 2. The van der Waals surface area contributed by atoms with E-state index in [1.54, 1.807) is 48.5 Å². The number of hydrogen-bond acceptors (Lipinski definition) is 4. The summed E-state index contributed by atoms with van der Waals surface area (Å²) in [6, 6.07) is 19.0. The van der Waals surface area contributed by atoms with Gasteiger partial charge in [-0.1, -0.05) is 43.3 Å². The molecule has 3 aromatic carbocycles. The van der Waals surface area contributed by atoms with Gasteiger partial charge in [-0.2, -0.15) is 0 Å². The van der Waals surface area contributed by atoms with Gasteiger partial charge in [0, 0.05) is 5.56 Å². The van der Waals surface area contributed by atoms with Crippen LogP contribution in [0.4, 0.5) is 10.1 Å². The quantitative estimate of drug-likeness (QED) is 0.253. The molecule has 34 heavy (non-hydrogen) atoms. The fourth-order valence-corrected chi connectivity index (χ4v) is 4.23. The first-order valence-electron chi connectivity index (χ1n) is 10.5. The van der Waals surface area contributed by atoms with E-state index in [-0.39, 0.29) is 23.1 Å². The highest BCUT2D eigenvalue weighted by molar-refractivity contribution is 9.10. The van der Waals surface area contributed by atoms with Gasteiger partial charge >= 0.3 is 0 Å². The molecule has 1 aliphatic rings. The van der Waals surface area contributed by atoms with Gasteiger partial charge in [0.15, 0.2) is 5.11 Å². The molecule has 1 aliphatic heterocycles. The number of amides is 2. The van der Waals surface area contributed by atoms with Gasteiger partial charge in [-0.3, -0.25) is 19.8 Å². The maximum atomic E-state index is 13.8. The van der Waals surface area contributed by atoms with Gasteiger partial charge in [0.1, 0.15) is 23.7 Å². The van der Waals surface area contributed by atoms with Gasteiger partial charge in [-0.15, -0.1) is 0 Å². The van der Waals surface area contributed by atoms with Crippen molar-refractivity contribution in [3.63, 3.8) is 0 Å². The topological polar surface area (TPSA) is 58.6 Å². The third-order valence-electron chi connectivity index (χ3n) is 5.31. The van der Waals surface area contributed by atoms with E-state index in [0.29, 0.717) is 27.0 Å². The molecule has 4 rings (SSSR count). The number of nitrogens with one attached hydrogen (secondary N) is 1. The van der Waals surface area contributed by atoms with E-state index < -0.39 is 11.8 Å². The second-order valence-corrected chi connectivity index (χ2v) is 8.79. The monoisotopic (exact) mass is 538 g/mol. The van der Waals surface area contributed by atoms with Gasteiger partial charge in [-0.25, -0.2) is 4.39 Å². The molecule has 0 radical (unpaired) electrons. The van der Waals surface area contributed by atoms with Crippen molar-refractivity contribution in [3.8, 4) is 5.75 Å². The van der Waals surface area contributed by atoms with E-state index >= 15 is 0 Å². The van der Waals surface area contributed by atoms with Crippen LogP contribution in [0.3, 0.4) is 0 Å². The largest absolute Gasteiger partial charge is 0.488 e. The predicted octanol–water partition coefficient (Wildman–Crippen LogP) is 5.56. The summed E-state index contributed by atoms with van der Waals surface area (Å²) in [6.45, 7) is 2.11. The van der Waals surface area contributed by atoms with Crippen LogP contribution in [0.25, 0.3) is 6.08 Å². The molecule has 0 atom stereocenters. The maximum Gasteiger partial charge on any atom is 0.270 e. The minimum Gasteiger partial charge on any atom is -0.488 e. The van der Waals surface area contributed by atoms with Crippen LogP contribution < -0.4 is 15.0 Å². The van der Waals surface area contributed by atoms with Gasteiger partial charge < -0.3 is 4.74 Å². The molecule has 1 heterocycles. The lowest BCUT2D eigenvalue weighted by Gasteiger charge is -2.29. The Bertz CT molecular complexity index is 1310. The van der Waals surface area contributed by atoms with Crippen LogP contribution in [0.5, 0.6) is 5.75 Å². The molecule has 5 nitrogen and oxygen atoms in total. The second kappa shape index (κ2) is 10.3. The molecule has 0 aliphatic carbocycles. The normalized spacial score (nSPS) is 15.0. The minimum absolute atomic E-state index is 0.0365. The molecule has 1 N–H and O–H groups in total. The molecule has 0 saturated carbocycles. The highest BCUT2D eigenvalue weighted by atomic mass is 79.9. The minimum atomic E-state index is -0.563. The summed E-state index contributed by atoms with van der Waals surface area (Å²) in [6.07, 6.45) is 2.37. The van der Waals surface area contributed by atoms with Crippen LogP contribution in [-0.4, -0.2) is 16.9 Å². The van der Waals surface area contributed by atoms with Crippen LogP contribution in [-0.2, 0) is 22.6 Å². The van der Waals surface area contributed by atoms with Crippen molar-refractivity contribution in [3.05, 3.63) is 99.3 Å². The molecule has 0 aromatic heterocycles. The Morgan fingerprint density at radius 3 is 2.50 bits per heavy atom. The molecule has 2 amide bonds. The fraction of sp³-hybridized carbons (Fsp3) is 0.115. The van der Waals surface area contributed by atoms with Gasteiger partial charge in [0.2, 0.25) is 0 Å². The number of nitrogens with zero attached hydrogens (tertiary/aromatic N) is 1. The second-order valence-electron chi connectivity index (χ2n) is 7.55. The molecular weight excluding hydrogens is 519 g/mol. The van der Waals surface area contributed by atoms with Crippen molar-refractivity contribution >= 4 is 56.8 Å². The first-order valence-corrected chi connectivity index (χ1v) is 11.7. The number of aryl methyl sites for hydroxylation is 1. The summed E-state index contributed by atoms with van der Waals surface area (Å²) in [5, 5.41) is 2.62. The Labute approximate surface area is 210 Å². The average molecular weight is 539 g/mol. The Kier molecular flexibility index (Phi) is 7.19. The SMILES string of the molecule is CCc1ccc(N2C(=O)/C(=C/c3ccc(OCc4ccccc4F)c(Br)c3)C(=O)NC2=S)cc1. The standard InChI is InChI=1S/C26H20BrFN2O3S/c1-2-16-7-10-19(11-8-16)30-25(32)20(24(31)29-26(30)34)13-17-9-12-23(21(27)14-17)33-15-18-5-3-4-6-22(18)28/h3-14H,2,15H2,1H3,(H,29,31,34)/b20-13+. The van der Waals surface area contributed by atoms with Crippen LogP contribution in [0.2, 0.25) is 0 Å². The third kappa shape index (κ3) is 5.08. The summed E-state index contributed by atoms with van der Waals surface area (Å²) < 4.78 is 20.1. The zero-order valence-electron chi connectivity index (χ0n) is 18.2. The average Bonchev–Trinajstić information content (AvgIpc) is 2.82. The number of hydrogen-bond donors (Lipinski definition) is 1. The molecule has 0 bridgehead atoms. The number of ether oxygens (including phenoxy) is 1. The summed E-state index contributed by atoms with van der Waals surface area (Å²) in [5.41, 5.74) is 2.71. The summed E-state index contributed by atoms with van der Waals surface area (Å²) in [5.74, 6) is -0.904. The van der Waals surface area contributed by atoms with Crippen LogP contribution in [0, 0.1) is 5.82 Å². The van der Waals surface area contributed by atoms with Gasteiger partial charge in [-0.05, 0) is 82.1 Å². The lowest BCUT2D eigenvalue weighted by molar-refractivity contribution is -0.122. The highest BCUT2D eigenvalue weighted by Crippen LogP contribution is 2.29. The molecule has 0 spiro atoms. The molecule has 172 valence electrons. The van der Waals surface area contributed by atoms with Gasteiger partial charge in [0.05, 0.1) is 10.2 Å². The first-order chi connectivity index (χ1) is 16.4. The maximum absolute atomic E-state index is 13.8. The fourth-order valence-electron chi connectivity index (χ4n) is 3.43. The predicted molar refractivity (Wildman–Crippen MR) is 137 cm³/mol. The molecule has 1 saturated heterocycles. The Hall–Kier alpha value is -3.36. The van der Waals surface area contributed by atoms with E-state index in [1.165, 1.54) is 17.0 Å². The first kappa shape index (κ1) is 23.8.